The molecule has 2 rings (SSSR count). The summed E-state index contributed by atoms with van der Waals surface area (Å²) in [5.74, 6) is 1.93. The molecule has 1 fully saturated rings. The maximum atomic E-state index is 8.79. The third-order valence-electron chi connectivity index (χ3n) is 3.32. The van der Waals surface area contributed by atoms with Crippen LogP contribution in [0.25, 0.3) is 0 Å². The fourth-order valence-corrected chi connectivity index (χ4v) is 1.90. The van der Waals surface area contributed by atoms with Crippen LogP contribution in [0.5, 0.6) is 17.2 Å². The van der Waals surface area contributed by atoms with E-state index in [1.54, 1.807) is 14.2 Å². The molecule has 4 heteroatoms. The van der Waals surface area contributed by atoms with Crippen molar-refractivity contribution >= 4 is 0 Å². The van der Waals surface area contributed by atoms with Crippen molar-refractivity contribution in [3.05, 3.63) is 18.2 Å². The summed E-state index contributed by atoms with van der Waals surface area (Å²) in [6.45, 7) is 0.539. The van der Waals surface area contributed by atoms with Gasteiger partial charge in [0.15, 0.2) is 11.5 Å². The molecule has 0 aliphatic heterocycles. The van der Waals surface area contributed by atoms with Gasteiger partial charge in [0.25, 0.3) is 0 Å². The molecule has 1 aromatic rings. The van der Waals surface area contributed by atoms with Crippen molar-refractivity contribution < 1.29 is 14.2 Å². The normalized spacial score (nSPS) is 15.6. The van der Waals surface area contributed by atoms with Gasteiger partial charge >= 0.3 is 0 Å². The third-order valence-corrected chi connectivity index (χ3v) is 3.32. The van der Waals surface area contributed by atoms with E-state index in [1.807, 2.05) is 18.2 Å². The van der Waals surface area contributed by atoms with Gasteiger partial charge in [0.1, 0.15) is 0 Å². The van der Waals surface area contributed by atoms with Crippen LogP contribution in [0.15, 0.2) is 18.2 Å². The molecule has 0 aromatic heterocycles. The minimum Gasteiger partial charge on any atom is -0.493 e. The number of para-hydroxylation sites is 1. The summed E-state index contributed by atoms with van der Waals surface area (Å²) in [6.07, 6.45) is 2.65. The fourth-order valence-electron chi connectivity index (χ4n) is 1.90. The van der Waals surface area contributed by atoms with Crippen LogP contribution in [-0.4, -0.2) is 20.8 Å². The molecule has 1 saturated carbocycles. The molecule has 0 radical (unpaired) electrons. The van der Waals surface area contributed by atoms with Gasteiger partial charge in [0.2, 0.25) is 5.75 Å². The van der Waals surface area contributed by atoms with E-state index in [1.165, 1.54) is 0 Å². The smallest absolute Gasteiger partial charge is 0.203 e. The van der Waals surface area contributed by atoms with Crippen molar-refractivity contribution in [2.45, 2.75) is 19.3 Å². The van der Waals surface area contributed by atoms with Gasteiger partial charge in [0, 0.05) is 11.8 Å². The molecule has 1 aliphatic carbocycles. The van der Waals surface area contributed by atoms with Gasteiger partial charge in [-0.2, -0.15) is 5.26 Å². The predicted molar refractivity (Wildman–Crippen MR) is 66.9 cm³/mol. The highest BCUT2D eigenvalue weighted by molar-refractivity contribution is 5.51. The molecule has 0 atom stereocenters. The number of hydrogen-bond acceptors (Lipinski definition) is 4. The Bertz CT molecular complexity index is 438. The first-order valence-corrected chi connectivity index (χ1v) is 5.95. The lowest BCUT2D eigenvalue weighted by atomic mass is 10.1. The van der Waals surface area contributed by atoms with E-state index in [0.29, 0.717) is 30.3 Å². The SMILES string of the molecule is COc1cccc(OC)c1OCC1(CC#N)CC1. The second kappa shape index (κ2) is 5.18. The lowest BCUT2D eigenvalue weighted by molar-refractivity contribution is 0.217. The molecule has 1 aromatic carbocycles. The molecule has 0 saturated heterocycles. The summed E-state index contributed by atoms with van der Waals surface area (Å²) in [7, 11) is 3.20. The van der Waals surface area contributed by atoms with Crippen LogP contribution in [0.3, 0.4) is 0 Å². The summed E-state index contributed by atoms with van der Waals surface area (Å²) >= 11 is 0. The molecule has 4 nitrogen and oxygen atoms in total. The first-order valence-electron chi connectivity index (χ1n) is 5.95. The number of benzene rings is 1. The Balaban J connectivity index is 2.11. The van der Waals surface area contributed by atoms with Gasteiger partial charge in [0.05, 0.1) is 26.9 Å². The van der Waals surface area contributed by atoms with Crippen LogP contribution in [0.1, 0.15) is 19.3 Å². The van der Waals surface area contributed by atoms with E-state index in [2.05, 4.69) is 6.07 Å². The number of ether oxygens (including phenoxy) is 3. The zero-order valence-electron chi connectivity index (χ0n) is 10.7. The molecule has 0 bridgehead atoms. The highest BCUT2D eigenvalue weighted by Gasteiger charge is 2.43. The Hall–Kier alpha value is -1.89. The average molecular weight is 247 g/mol. The summed E-state index contributed by atoms with van der Waals surface area (Å²) in [4.78, 5) is 0. The van der Waals surface area contributed by atoms with E-state index in [9.17, 15) is 0 Å². The van der Waals surface area contributed by atoms with Crippen LogP contribution in [0, 0.1) is 16.7 Å². The number of nitriles is 1. The van der Waals surface area contributed by atoms with Gasteiger partial charge in [-0.3, -0.25) is 0 Å². The van der Waals surface area contributed by atoms with Crippen molar-refractivity contribution in [1.82, 2.24) is 0 Å². The van der Waals surface area contributed by atoms with Crippen molar-refractivity contribution in [2.24, 2.45) is 5.41 Å². The number of hydrogen-bond donors (Lipinski definition) is 0. The monoisotopic (exact) mass is 247 g/mol. The number of rotatable bonds is 6. The largest absolute Gasteiger partial charge is 0.493 e. The molecule has 0 spiro atoms. The van der Waals surface area contributed by atoms with E-state index in [0.717, 1.165) is 12.8 Å². The Labute approximate surface area is 107 Å². The molecular weight excluding hydrogens is 230 g/mol. The highest BCUT2D eigenvalue weighted by atomic mass is 16.5. The molecule has 1 aliphatic rings. The minimum absolute atomic E-state index is 0.0423. The van der Waals surface area contributed by atoms with Crippen LogP contribution in [0.2, 0.25) is 0 Å². The molecule has 0 heterocycles. The van der Waals surface area contributed by atoms with Crippen molar-refractivity contribution in [3.63, 3.8) is 0 Å². The van der Waals surface area contributed by atoms with Gasteiger partial charge in [-0.1, -0.05) is 6.07 Å². The maximum absolute atomic E-state index is 8.79. The molecule has 18 heavy (non-hydrogen) atoms. The van der Waals surface area contributed by atoms with E-state index in [4.69, 9.17) is 19.5 Å². The quantitative estimate of drug-likeness (QED) is 0.775. The van der Waals surface area contributed by atoms with Gasteiger partial charge < -0.3 is 14.2 Å². The molecular formula is C14H17NO3. The van der Waals surface area contributed by atoms with Crippen LogP contribution in [-0.2, 0) is 0 Å². The van der Waals surface area contributed by atoms with Gasteiger partial charge in [-0.05, 0) is 25.0 Å². The first-order chi connectivity index (χ1) is 8.74. The van der Waals surface area contributed by atoms with Crippen molar-refractivity contribution in [2.75, 3.05) is 20.8 Å². The third kappa shape index (κ3) is 2.51. The Morgan fingerprint density at radius 2 is 1.83 bits per heavy atom. The lowest BCUT2D eigenvalue weighted by Gasteiger charge is -2.17. The molecule has 0 N–H and O–H groups in total. The number of nitrogens with zero attached hydrogens (tertiary/aromatic N) is 1. The standard InChI is InChI=1S/C14H17NO3/c1-16-11-4-3-5-12(17-2)13(11)18-10-14(6-7-14)8-9-15/h3-5H,6-8,10H2,1-2H3. The average Bonchev–Trinajstić information content (AvgIpc) is 3.16. The van der Waals surface area contributed by atoms with Crippen molar-refractivity contribution in [3.8, 4) is 23.3 Å². The number of methoxy groups -OCH3 is 2. The summed E-state index contributed by atoms with van der Waals surface area (Å²) in [6, 6.07) is 7.75. The topological polar surface area (TPSA) is 51.5 Å². The van der Waals surface area contributed by atoms with Gasteiger partial charge in [-0.15, -0.1) is 0 Å². The van der Waals surface area contributed by atoms with E-state index < -0.39 is 0 Å². The van der Waals surface area contributed by atoms with Crippen LogP contribution < -0.4 is 14.2 Å². The van der Waals surface area contributed by atoms with Crippen molar-refractivity contribution in [1.29, 1.82) is 5.26 Å². The maximum Gasteiger partial charge on any atom is 0.203 e. The van der Waals surface area contributed by atoms with E-state index in [-0.39, 0.29) is 5.41 Å². The Morgan fingerprint density at radius 3 is 2.28 bits per heavy atom. The highest BCUT2D eigenvalue weighted by Crippen LogP contribution is 2.49. The van der Waals surface area contributed by atoms with E-state index >= 15 is 0 Å². The van der Waals surface area contributed by atoms with Crippen LogP contribution >= 0.6 is 0 Å². The zero-order chi connectivity index (χ0) is 13.0. The first kappa shape index (κ1) is 12.6. The van der Waals surface area contributed by atoms with Crippen LogP contribution in [0.4, 0.5) is 0 Å². The lowest BCUT2D eigenvalue weighted by Crippen LogP contribution is -2.13. The minimum atomic E-state index is 0.0423. The summed E-state index contributed by atoms with van der Waals surface area (Å²) < 4.78 is 16.4. The van der Waals surface area contributed by atoms with Gasteiger partial charge in [-0.25, -0.2) is 0 Å². The summed E-state index contributed by atoms with van der Waals surface area (Å²) in [5.41, 5.74) is 0.0423. The zero-order valence-corrected chi connectivity index (χ0v) is 10.7. The predicted octanol–water partition coefficient (Wildman–Crippen LogP) is 2.78. The summed E-state index contributed by atoms with van der Waals surface area (Å²) in [5, 5.41) is 8.79. The second-order valence-electron chi connectivity index (χ2n) is 4.62. The Kier molecular flexibility index (Phi) is 3.61. The fraction of sp³-hybridized carbons (Fsp3) is 0.500. The molecule has 96 valence electrons. The molecule has 0 unspecified atom stereocenters. The second-order valence-corrected chi connectivity index (χ2v) is 4.62. The molecule has 0 amide bonds. The Morgan fingerprint density at radius 1 is 1.22 bits per heavy atom.